The third-order valence-corrected chi connectivity index (χ3v) is 3.61. The summed E-state index contributed by atoms with van der Waals surface area (Å²) in [6, 6.07) is 7.94. The second-order valence-corrected chi connectivity index (χ2v) is 4.88. The SMILES string of the molecule is C=C1NC=C(CC2CCc3ccccc3C2=O)N1. The third kappa shape index (κ3) is 1.92. The topological polar surface area (TPSA) is 41.1 Å². The molecular formula is C15H16N2O. The third-order valence-electron chi connectivity index (χ3n) is 3.61. The van der Waals surface area contributed by atoms with Gasteiger partial charge in [-0.25, -0.2) is 0 Å². The van der Waals surface area contributed by atoms with E-state index in [1.54, 1.807) is 0 Å². The van der Waals surface area contributed by atoms with Crippen LogP contribution in [0.25, 0.3) is 0 Å². The highest BCUT2D eigenvalue weighted by molar-refractivity contribution is 6.00. The van der Waals surface area contributed by atoms with Crippen molar-refractivity contribution in [2.45, 2.75) is 19.3 Å². The highest BCUT2D eigenvalue weighted by atomic mass is 16.1. The number of Topliss-reactive ketones (excluding diaryl/α,β-unsaturated/α-hetero) is 1. The van der Waals surface area contributed by atoms with Gasteiger partial charge >= 0.3 is 0 Å². The first kappa shape index (κ1) is 11.1. The second kappa shape index (κ2) is 4.33. The van der Waals surface area contributed by atoms with Crippen molar-refractivity contribution in [1.29, 1.82) is 0 Å². The summed E-state index contributed by atoms with van der Waals surface area (Å²) < 4.78 is 0. The summed E-state index contributed by atoms with van der Waals surface area (Å²) in [6.07, 6.45) is 4.59. The van der Waals surface area contributed by atoms with Crippen molar-refractivity contribution in [3.8, 4) is 0 Å². The Labute approximate surface area is 107 Å². The van der Waals surface area contributed by atoms with E-state index in [-0.39, 0.29) is 11.7 Å². The predicted molar refractivity (Wildman–Crippen MR) is 70.7 cm³/mol. The van der Waals surface area contributed by atoms with Gasteiger partial charge in [-0.3, -0.25) is 4.79 Å². The Morgan fingerprint density at radius 2 is 2.17 bits per heavy atom. The molecule has 1 heterocycles. The molecule has 1 aromatic carbocycles. The van der Waals surface area contributed by atoms with E-state index in [0.29, 0.717) is 0 Å². The van der Waals surface area contributed by atoms with Gasteiger partial charge in [0.1, 0.15) is 0 Å². The molecule has 3 heteroatoms. The lowest BCUT2D eigenvalue weighted by Gasteiger charge is -2.23. The van der Waals surface area contributed by atoms with Crippen molar-refractivity contribution < 1.29 is 4.79 Å². The first-order valence-electron chi connectivity index (χ1n) is 6.27. The largest absolute Gasteiger partial charge is 0.347 e. The molecule has 2 N–H and O–H groups in total. The minimum atomic E-state index is 0.0892. The van der Waals surface area contributed by atoms with Crippen LogP contribution in [0.1, 0.15) is 28.8 Å². The van der Waals surface area contributed by atoms with Crippen LogP contribution in [0.4, 0.5) is 0 Å². The molecule has 0 fully saturated rings. The van der Waals surface area contributed by atoms with Crippen molar-refractivity contribution in [2.24, 2.45) is 5.92 Å². The first-order chi connectivity index (χ1) is 8.74. The molecular weight excluding hydrogens is 224 g/mol. The van der Waals surface area contributed by atoms with Crippen LogP contribution < -0.4 is 10.6 Å². The van der Waals surface area contributed by atoms with Crippen LogP contribution in [0.3, 0.4) is 0 Å². The predicted octanol–water partition coefficient (Wildman–Crippen LogP) is 2.33. The molecule has 0 saturated heterocycles. The molecule has 2 aliphatic rings. The van der Waals surface area contributed by atoms with E-state index in [1.165, 1.54) is 5.56 Å². The van der Waals surface area contributed by atoms with Crippen LogP contribution >= 0.6 is 0 Å². The molecule has 0 bridgehead atoms. The van der Waals surface area contributed by atoms with E-state index < -0.39 is 0 Å². The molecule has 1 unspecified atom stereocenters. The van der Waals surface area contributed by atoms with Crippen molar-refractivity contribution >= 4 is 5.78 Å². The molecule has 0 spiro atoms. The summed E-state index contributed by atoms with van der Waals surface area (Å²) in [5.41, 5.74) is 3.14. The average molecular weight is 240 g/mol. The van der Waals surface area contributed by atoms with Gasteiger partial charge in [0.15, 0.2) is 5.78 Å². The van der Waals surface area contributed by atoms with Gasteiger partial charge in [0.05, 0.1) is 5.82 Å². The van der Waals surface area contributed by atoms with E-state index in [2.05, 4.69) is 23.3 Å². The smallest absolute Gasteiger partial charge is 0.166 e. The van der Waals surface area contributed by atoms with E-state index in [0.717, 1.165) is 36.3 Å². The summed E-state index contributed by atoms with van der Waals surface area (Å²) in [5.74, 6) is 1.15. The summed E-state index contributed by atoms with van der Waals surface area (Å²) in [5, 5.41) is 6.16. The lowest BCUT2D eigenvalue weighted by Crippen LogP contribution is -2.24. The van der Waals surface area contributed by atoms with Crippen LogP contribution in [-0.2, 0) is 6.42 Å². The summed E-state index contributed by atoms with van der Waals surface area (Å²) >= 11 is 0. The lowest BCUT2D eigenvalue weighted by atomic mass is 9.80. The minimum absolute atomic E-state index is 0.0892. The van der Waals surface area contributed by atoms with Crippen molar-refractivity contribution in [2.75, 3.05) is 0 Å². The second-order valence-electron chi connectivity index (χ2n) is 4.88. The maximum atomic E-state index is 12.4. The Bertz CT molecular complexity index is 545. The maximum absolute atomic E-state index is 12.4. The average Bonchev–Trinajstić information content (AvgIpc) is 2.79. The Balaban J connectivity index is 1.77. The van der Waals surface area contributed by atoms with Crippen molar-refractivity contribution in [3.63, 3.8) is 0 Å². The van der Waals surface area contributed by atoms with E-state index in [9.17, 15) is 4.79 Å². The van der Waals surface area contributed by atoms with Gasteiger partial charge in [-0.05, 0) is 24.8 Å². The van der Waals surface area contributed by atoms with E-state index in [1.807, 2.05) is 24.4 Å². The van der Waals surface area contributed by atoms with Crippen molar-refractivity contribution in [1.82, 2.24) is 10.6 Å². The zero-order valence-corrected chi connectivity index (χ0v) is 10.2. The summed E-state index contributed by atoms with van der Waals surface area (Å²) in [4.78, 5) is 12.4. The highest BCUT2D eigenvalue weighted by Gasteiger charge is 2.28. The lowest BCUT2D eigenvalue weighted by molar-refractivity contribution is 0.0900. The molecule has 3 nitrogen and oxygen atoms in total. The van der Waals surface area contributed by atoms with Crippen LogP contribution in [0, 0.1) is 5.92 Å². The molecule has 1 aliphatic carbocycles. The Hall–Kier alpha value is -2.03. The van der Waals surface area contributed by atoms with Crippen molar-refractivity contribution in [3.05, 3.63) is 59.7 Å². The Morgan fingerprint density at radius 3 is 2.94 bits per heavy atom. The fourth-order valence-corrected chi connectivity index (χ4v) is 2.67. The standard InChI is InChI=1S/C15H16N2O/c1-10-16-9-13(17-10)8-12-7-6-11-4-2-3-5-14(11)15(12)18/h2-5,9,12,16-17H,1,6-8H2. The number of aryl methyl sites for hydroxylation is 1. The number of carbonyl (C=O) groups is 1. The summed E-state index contributed by atoms with van der Waals surface area (Å²) in [6.45, 7) is 3.79. The monoisotopic (exact) mass is 240 g/mol. The number of rotatable bonds is 2. The number of ketones is 1. The molecule has 1 aliphatic heterocycles. The molecule has 92 valence electrons. The molecule has 1 aromatic rings. The molecule has 1 atom stereocenters. The van der Waals surface area contributed by atoms with Crippen LogP contribution in [0.2, 0.25) is 0 Å². The molecule has 18 heavy (non-hydrogen) atoms. The fourth-order valence-electron chi connectivity index (χ4n) is 2.67. The quantitative estimate of drug-likeness (QED) is 0.833. The summed E-state index contributed by atoms with van der Waals surface area (Å²) in [7, 11) is 0. The van der Waals surface area contributed by atoms with Gasteiger partial charge in [0.2, 0.25) is 0 Å². The van der Waals surface area contributed by atoms with E-state index >= 15 is 0 Å². The van der Waals surface area contributed by atoms with Gasteiger partial charge in [0, 0.05) is 23.4 Å². The van der Waals surface area contributed by atoms with Crippen LogP contribution in [-0.4, -0.2) is 5.78 Å². The zero-order valence-electron chi connectivity index (χ0n) is 10.2. The Kier molecular flexibility index (Phi) is 2.67. The number of hydrogen-bond acceptors (Lipinski definition) is 3. The highest BCUT2D eigenvalue weighted by Crippen LogP contribution is 2.29. The van der Waals surface area contributed by atoms with Gasteiger partial charge < -0.3 is 10.6 Å². The van der Waals surface area contributed by atoms with Gasteiger partial charge in [0.25, 0.3) is 0 Å². The molecule has 3 rings (SSSR count). The zero-order chi connectivity index (χ0) is 12.5. The minimum Gasteiger partial charge on any atom is -0.347 e. The first-order valence-corrected chi connectivity index (χ1v) is 6.27. The van der Waals surface area contributed by atoms with Gasteiger partial charge in [-0.2, -0.15) is 0 Å². The molecule has 0 amide bonds. The number of benzene rings is 1. The van der Waals surface area contributed by atoms with Gasteiger partial charge in [-0.1, -0.05) is 30.8 Å². The van der Waals surface area contributed by atoms with Crippen LogP contribution in [0.5, 0.6) is 0 Å². The fraction of sp³-hybridized carbons (Fsp3) is 0.267. The maximum Gasteiger partial charge on any atom is 0.166 e. The molecule has 0 radical (unpaired) electrons. The number of hydrogen-bond donors (Lipinski definition) is 2. The van der Waals surface area contributed by atoms with E-state index in [4.69, 9.17) is 0 Å². The number of nitrogens with one attached hydrogen (secondary N) is 2. The normalized spacial score (nSPS) is 22.0. The molecule has 0 aromatic heterocycles. The van der Waals surface area contributed by atoms with Gasteiger partial charge in [-0.15, -0.1) is 0 Å². The van der Waals surface area contributed by atoms with Crippen LogP contribution in [0.15, 0.2) is 48.6 Å². The number of fused-ring (bicyclic) bond motifs is 1. The number of allylic oxidation sites excluding steroid dienone is 1. The Morgan fingerprint density at radius 1 is 1.33 bits per heavy atom. The molecule has 0 saturated carbocycles. The number of carbonyl (C=O) groups excluding carboxylic acids is 1.